The van der Waals surface area contributed by atoms with E-state index < -0.39 is 40.2 Å². The molecule has 0 saturated carbocycles. The van der Waals surface area contributed by atoms with Gasteiger partial charge in [-0.05, 0) is 30.7 Å². The van der Waals surface area contributed by atoms with Gasteiger partial charge in [-0.1, -0.05) is 0 Å². The fourth-order valence-corrected chi connectivity index (χ4v) is 2.96. The van der Waals surface area contributed by atoms with Crippen LogP contribution in [0.3, 0.4) is 0 Å². The Morgan fingerprint density at radius 3 is 2.50 bits per heavy atom. The quantitative estimate of drug-likeness (QED) is 0.667. The minimum absolute atomic E-state index is 0.112. The van der Waals surface area contributed by atoms with Gasteiger partial charge in [-0.3, -0.25) is 9.59 Å². The molecule has 0 heterocycles. The SMILES string of the molecule is Cc1cc(F)ccc1S(=O)(=O)N[C@@H](CC(N)=O)C(=O)O. The lowest BCUT2D eigenvalue weighted by molar-refractivity contribution is -0.140. The topological polar surface area (TPSA) is 127 Å². The van der Waals surface area contributed by atoms with Crippen molar-refractivity contribution in [3.05, 3.63) is 29.6 Å². The van der Waals surface area contributed by atoms with Gasteiger partial charge in [0.05, 0.1) is 11.3 Å². The molecule has 0 radical (unpaired) electrons. The van der Waals surface area contributed by atoms with Crippen molar-refractivity contribution in [2.45, 2.75) is 24.3 Å². The number of nitrogens with one attached hydrogen (secondary N) is 1. The number of primary amides is 1. The Labute approximate surface area is 114 Å². The average molecular weight is 304 g/mol. The first-order valence-corrected chi connectivity index (χ1v) is 6.91. The Hall–Kier alpha value is -2.00. The summed E-state index contributed by atoms with van der Waals surface area (Å²) in [5.41, 5.74) is 4.96. The van der Waals surface area contributed by atoms with Crippen molar-refractivity contribution in [1.82, 2.24) is 4.72 Å². The van der Waals surface area contributed by atoms with Crippen LogP contribution in [0.5, 0.6) is 0 Å². The van der Waals surface area contributed by atoms with Crippen molar-refractivity contribution < 1.29 is 27.5 Å². The number of halogens is 1. The van der Waals surface area contributed by atoms with E-state index in [9.17, 15) is 22.4 Å². The van der Waals surface area contributed by atoms with Gasteiger partial charge in [-0.15, -0.1) is 0 Å². The first-order chi connectivity index (χ1) is 9.13. The molecule has 0 spiro atoms. The zero-order valence-corrected chi connectivity index (χ0v) is 11.3. The van der Waals surface area contributed by atoms with E-state index in [4.69, 9.17) is 10.8 Å². The van der Waals surface area contributed by atoms with E-state index in [1.807, 2.05) is 4.72 Å². The first kappa shape index (κ1) is 16.1. The average Bonchev–Trinajstić information content (AvgIpc) is 2.26. The molecule has 110 valence electrons. The number of carbonyl (C=O) groups is 2. The summed E-state index contributed by atoms with van der Waals surface area (Å²) in [5.74, 6) is -3.11. The van der Waals surface area contributed by atoms with E-state index >= 15 is 0 Å². The molecule has 0 saturated heterocycles. The standard InChI is InChI=1S/C11H13FN2O5S/c1-6-4-7(12)2-3-9(6)20(18,19)14-8(11(16)17)5-10(13)15/h2-4,8,14H,5H2,1H3,(H2,13,15)(H,16,17)/t8-/m0/s1. The summed E-state index contributed by atoms with van der Waals surface area (Å²) in [6.07, 6.45) is -0.686. The highest BCUT2D eigenvalue weighted by Gasteiger charge is 2.27. The molecule has 9 heteroatoms. The molecule has 0 aromatic heterocycles. The molecular weight excluding hydrogens is 291 g/mol. The maximum Gasteiger partial charge on any atom is 0.322 e. The van der Waals surface area contributed by atoms with Gasteiger partial charge in [0.15, 0.2) is 0 Å². The van der Waals surface area contributed by atoms with Crippen molar-refractivity contribution in [3.63, 3.8) is 0 Å². The normalized spacial score (nSPS) is 12.9. The monoisotopic (exact) mass is 304 g/mol. The molecule has 0 aliphatic rings. The molecule has 0 aliphatic carbocycles. The van der Waals surface area contributed by atoms with Gasteiger partial charge < -0.3 is 10.8 Å². The molecule has 1 rings (SSSR count). The third-order valence-electron chi connectivity index (χ3n) is 2.43. The number of carbonyl (C=O) groups excluding carboxylic acids is 1. The number of aliphatic carboxylic acids is 1. The molecule has 0 aliphatic heterocycles. The largest absolute Gasteiger partial charge is 0.480 e. The Bertz CT molecular complexity index is 644. The maximum absolute atomic E-state index is 12.9. The highest BCUT2D eigenvalue weighted by molar-refractivity contribution is 7.89. The summed E-state index contributed by atoms with van der Waals surface area (Å²) in [5, 5.41) is 8.85. The fraction of sp³-hybridized carbons (Fsp3) is 0.273. The van der Waals surface area contributed by atoms with Gasteiger partial charge in [-0.2, -0.15) is 4.72 Å². The number of carboxylic acids is 1. The molecule has 0 bridgehead atoms. The first-order valence-electron chi connectivity index (χ1n) is 5.43. The summed E-state index contributed by atoms with van der Waals surface area (Å²) >= 11 is 0. The predicted molar refractivity (Wildman–Crippen MR) is 66.7 cm³/mol. The van der Waals surface area contributed by atoms with E-state index in [1.54, 1.807) is 0 Å². The van der Waals surface area contributed by atoms with Crippen LogP contribution in [-0.2, 0) is 19.6 Å². The Morgan fingerprint density at radius 1 is 1.45 bits per heavy atom. The van der Waals surface area contributed by atoms with Crippen LogP contribution in [0.15, 0.2) is 23.1 Å². The number of benzene rings is 1. The van der Waals surface area contributed by atoms with Gasteiger partial charge in [0.25, 0.3) is 0 Å². The van der Waals surface area contributed by atoms with Crippen LogP contribution < -0.4 is 10.5 Å². The van der Waals surface area contributed by atoms with Crippen molar-refractivity contribution in [2.24, 2.45) is 5.73 Å². The van der Waals surface area contributed by atoms with E-state index in [2.05, 4.69) is 0 Å². The fourth-order valence-electron chi connectivity index (χ4n) is 1.55. The Balaban J connectivity index is 3.09. The third kappa shape index (κ3) is 4.00. The van der Waals surface area contributed by atoms with Crippen LogP contribution in [0.4, 0.5) is 4.39 Å². The molecule has 4 N–H and O–H groups in total. The molecular formula is C11H13FN2O5S. The van der Waals surface area contributed by atoms with Crippen molar-refractivity contribution in [1.29, 1.82) is 0 Å². The Kier molecular flexibility index (Phi) is 4.79. The second-order valence-electron chi connectivity index (χ2n) is 4.09. The molecule has 1 aromatic rings. The molecule has 1 amide bonds. The molecule has 0 fully saturated rings. The summed E-state index contributed by atoms with van der Waals surface area (Å²) < 4.78 is 38.8. The number of amides is 1. The van der Waals surface area contributed by atoms with Crippen molar-refractivity contribution in [3.8, 4) is 0 Å². The van der Waals surface area contributed by atoms with Crippen molar-refractivity contribution >= 4 is 21.9 Å². The van der Waals surface area contributed by atoms with Gasteiger partial charge in [0, 0.05) is 0 Å². The van der Waals surface area contributed by atoms with Crippen LogP contribution >= 0.6 is 0 Å². The molecule has 7 nitrogen and oxygen atoms in total. The molecule has 1 atom stereocenters. The lowest BCUT2D eigenvalue weighted by atomic mass is 10.2. The number of carboxylic acid groups (broad SMARTS) is 1. The summed E-state index contributed by atoms with van der Waals surface area (Å²) in [7, 11) is -4.20. The third-order valence-corrected chi connectivity index (χ3v) is 4.06. The highest BCUT2D eigenvalue weighted by Crippen LogP contribution is 2.16. The second-order valence-corrected chi connectivity index (χ2v) is 5.77. The number of rotatable bonds is 6. The van der Waals surface area contributed by atoms with E-state index in [0.717, 1.165) is 18.2 Å². The highest BCUT2D eigenvalue weighted by atomic mass is 32.2. The minimum atomic E-state index is -4.20. The summed E-state index contributed by atoms with van der Waals surface area (Å²) in [6, 6.07) is 1.27. The number of hydrogen-bond acceptors (Lipinski definition) is 4. The zero-order valence-electron chi connectivity index (χ0n) is 10.5. The Morgan fingerprint density at radius 2 is 2.05 bits per heavy atom. The molecule has 0 unspecified atom stereocenters. The van der Waals surface area contributed by atoms with Crippen LogP contribution in [-0.4, -0.2) is 31.4 Å². The lowest BCUT2D eigenvalue weighted by Crippen LogP contribution is -2.43. The van der Waals surface area contributed by atoms with Gasteiger partial charge >= 0.3 is 5.97 Å². The van der Waals surface area contributed by atoms with Gasteiger partial charge in [0.1, 0.15) is 11.9 Å². The number of aryl methyl sites for hydroxylation is 1. The van der Waals surface area contributed by atoms with Crippen LogP contribution in [0.1, 0.15) is 12.0 Å². The van der Waals surface area contributed by atoms with Gasteiger partial charge in [0.2, 0.25) is 15.9 Å². The molecule has 20 heavy (non-hydrogen) atoms. The van der Waals surface area contributed by atoms with Crippen molar-refractivity contribution in [2.75, 3.05) is 0 Å². The number of nitrogens with two attached hydrogens (primary N) is 1. The van der Waals surface area contributed by atoms with Crippen LogP contribution in [0.25, 0.3) is 0 Å². The van der Waals surface area contributed by atoms with Crippen LogP contribution in [0.2, 0.25) is 0 Å². The summed E-state index contributed by atoms with van der Waals surface area (Å²) in [4.78, 5) is 21.3. The second kappa shape index (κ2) is 5.97. The summed E-state index contributed by atoms with van der Waals surface area (Å²) in [6.45, 7) is 1.36. The lowest BCUT2D eigenvalue weighted by Gasteiger charge is -2.14. The zero-order chi connectivity index (χ0) is 15.5. The minimum Gasteiger partial charge on any atom is -0.480 e. The van der Waals surface area contributed by atoms with E-state index in [-0.39, 0.29) is 10.5 Å². The number of sulfonamides is 1. The predicted octanol–water partition coefficient (Wildman–Crippen LogP) is -0.259. The van der Waals surface area contributed by atoms with E-state index in [1.165, 1.54) is 6.92 Å². The van der Waals surface area contributed by atoms with Gasteiger partial charge in [-0.25, -0.2) is 12.8 Å². The maximum atomic E-state index is 12.9. The molecule has 1 aromatic carbocycles. The smallest absolute Gasteiger partial charge is 0.322 e. The van der Waals surface area contributed by atoms with Crippen LogP contribution in [0, 0.1) is 12.7 Å². The van der Waals surface area contributed by atoms with E-state index in [0.29, 0.717) is 0 Å². The number of hydrogen-bond donors (Lipinski definition) is 3.